The van der Waals surface area contributed by atoms with Crippen LogP contribution in [0.25, 0.3) is 20.3 Å². The molecule has 0 radical (unpaired) electrons. The summed E-state index contributed by atoms with van der Waals surface area (Å²) in [5.41, 5.74) is -0.538. The lowest BCUT2D eigenvalue weighted by Gasteiger charge is -2.08. The Morgan fingerprint density at radius 1 is 1.35 bits per heavy atom. The number of nitrogens with zero attached hydrogens (tertiary/aromatic N) is 2. The van der Waals surface area contributed by atoms with E-state index in [4.69, 9.17) is 0 Å². The third kappa shape index (κ3) is 1.78. The van der Waals surface area contributed by atoms with Crippen LogP contribution in [0.2, 0.25) is 0 Å². The van der Waals surface area contributed by atoms with Crippen molar-refractivity contribution < 1.29 is 0 Å². The fourth-order valence-electron chi connectivity index (χ4n) is 2.23. The lowest BCUT2D eigenvalue weighted by Crippen LogP contribution is -2.27. The van der Waals surface area contributed by atoms with Crippen molar-refractivity contribution in [2.45, 2.75) is 13.5 Å². The normalized spacial score (nSPS) is 11.1. The number of fused-ring (bicyclic) bond motifs is 2. The van der Waals surface area contributed by atoms with Crippen molar-refractivity contribution in [1.29, 1.82) is 0 Å². The van der Waals surface area contributed by atoms with E-state index >= 15 is 0 Å². The molecule has 4 nitrogen and oxygen atoms in total. The molecule has 0 fully saturated rings. The van der Waals surface area contributed by atoms with Gasteiger partial charge in [-0.3, -0.25) is 14.2 Å². The molecule has 0 N–H and O–H groups in total. The molecule has 20 heavy (non-hydrogen) atoms. The standard InChI is InChI=1S/C15H12N2O2S/c1-3-8-17-9(2)16-14-12(15(17)19)13(18)10-6-4-5-7-11(10)20-14/h3-7H,1,8H2,2H3. The maximum Gasteiger partial charge on any atom is 0.266 e. The number of hydrogen-bond donors (Lipinski definition) is 0. The molecule has 3 rings (SSSR count). The van der Waals surface area contributed by atoms with Crippen molar-refractivity contribution in [2.24, 2.45) is 0 Å². The Labute approximate surface area is 118 Å². The molecule has 0 unspecified atom stereocenters. The molecule has 1 aromatic carbocycles. The van der Waals surface area contributed by atoms with Gasteiger partial charge >= 0.3 is 0 Å². The van der Waals surface area contributed by atoms with Crippen LogP contribution in [0.1, 0.15) is 5.82 Å². The van der Waals surface area contributed by atoms with Crippen LogP contribution in [0, 0.1) is 6.92 Å². The van der Waals surface area contributed by atoms with Crippen LogP contribution < -0.4 is 11.0 Å². The van der Waals surface area contributed by atoms with Crippen LogP contribution >= 0.6 is 11.3 Å². The third-order valence-electron chi connectivity index (χ3n) is 3.20. The first-order valence-electron chi connectivity index (χ1n) is 6.17. The quantitative estimate of drug-likeness (QED) is 0.536. The minimum Gasteiger partial charge on any atom is -0.292 e. The second-order valence-corrected chi connectivity index (χ2v) is 5.50. The van der Waals surface area contributed by atoms with Gasteiger partial charge < -0.3 is 0 Å². The summed E-state index contributed by atoms with van der Waals surface area (Å²) in [6, 6.07) is 7.28. The molecule has 0 saturated carbocycles. The van der Waals surface area contributed by atoms with Crippen molar-refractivity contribution in [2.75, 3.05) is 0 Å². The van der Waals surface area contributed by atoms with Gasteiger partial charge in [0.15, 0.2) is 0 Å². The number of aryl methyl sites for hydroxylation is 1. The minimum atomic E-state index is -0.292. The Kier molecular flexibility index (Phi) is 2.99. The molecule has 0 saturated heterocycles. The molecular formula is C15H12N2O2S. The molecule has 0 spiro atoms. The van der Waals surface area contributed by atoms with E-state index in [1.807, 2.05) is 12.1 Å². The minimum absolute atomic E-state index is 0.168. The van der Waals surface area contributed by atoms with Crippen molar-refractivity contribution in [1.82, 2.24) is 9.55 Å². The van der Waals surface area contributed by atoms with Gasteiger partial charge in [-0.05, 0) is 19.1 Å². The number of aromatic nitrogens is 2. The zero-order valence-corrected chi connectivity index (χ0v) is 11.7. The van der Waals surface area contributed by atoms with Crippen molar-refractivity contribution in [3.05, 3.63) is 63.3 Å². The second kappa shape index (κ2) is 4.68. The van der Waals surface area contributed by atoms with E-state index in [1.54, 1.807) is 25.1 Å². The molecule has 3 aromatic rings. The second-order valence-electron chi connectivity index (χ2n) is 4.47. The molecule has 2 aromatic heterocycles. The van der Waals surface area contributed by atoms with Gasteiger partial charge in [0.1, 0.15) is 16.0 Å². The van der Waals surface area contributed by atoms with Crippen LogP contribution in [0.15, 0.2) is 46.5 Å². The van der Waals surface area contributed by atoms with Gasteiger partial charge in [-0.15, -0.1) is 17.9 Å². The Balaban J connectivity index is 2.57. The fraction of sp³-hybridized carbons (Fsp3) is 0.133. The third-order valence-corrected chi connectivity index (χ3v) is 4.27. The van der Waals surface area contributed by atoms with E-state index < -0.39 is 0 Å². The Bertz CT molecular complexity index is 954. The van der Waals surface area contributed by atoms with E-state index in [0.29, 0.717) is 22.6 Å². The maximum absolute atomic E-state index is 12.5. The molecular weight excluding hydrogens is 272 g/mol. The molecule has 0 amide bonds. The van der Waals surface area contributed by atoms with Gasteiger partial charge in [-0.2, -0.15) is 0 Å². The summed E-state index contributed by atoms with van der Waals surface area (Å²) >= 11 is 1.37. The summed E-state index contributed by atoms with van der Waals surface area (Å²) in [6.07, 6.45) is 1.62. The van der Waals surface area contributed by atoms with Gasteiger partial charge in [0, 0.05) is 16.6 Å². The highest BCUT2D eigenvalue weighted by atomic mass is 32.1. The molecule has 2 heterocycles. The molecule has 0 aliphatic heterocycles. The summed E-state index contributed by atoms with van der Waals surface area (Å²) < 4.78 is 2.32. The number of hydrogen-bond acceptors (Lipinski definition) is 4. The molecule has 0 aliphatic carbocycles. The highest BCUT2D eigenvalue weighted by molar-refractivity contribution is 7.24. The highest BCUT2D eigenvalue weighted by Crippen LogP contribution is 2.21. The van der Waals surface area contributed by atoms with Crippen LogP contribution in [0.5, 0.6) is 0 Å². The lowest BCUT2D eigenvalue weighted by molar-refractivity contribution is 0.730. The summed E-state index contributed by atoms with van der Waals surface area (Å²) in [5, 5.41) is 0.735. The Morgan fingerprint density at radius 2 is 2.10 bits per heavy atom. The van der Waals surface area contributed by atoms with Crippen LogP contribution in [0.3, 0.4) is 0 Å². The summed E-state index contributed by atoms with van der Waals surface area (Å²) in [4.78, 5) is 29.9. The van der Waals surface area contributed by atoms with Gasteiger partial charge in [0.2, 0.25) is 5.43 Å². The number of rotatable bonds is 2. The lowest BCUT2D eigenvalue weighted by atomic mass is 10.2. The SMILES string of the molecule is C=CCn1c(C)nc2sc3ccccc3c(=O)c2c1=O. The Hall–Kier alpha value is -2.27. The van der Waals surface area contributed by atoms with Crippen LogP contribution in [0.4, 0.5) is 0 Å². The maximum atomic E-state index is 12.5. The highest BCUT2D eigenvalue weighted by Gasteiger charge is 2.13. The first kappa shape index (κ1) is 12.7. The monoisotopic (exact) mass is 284 g/mol. The van der Waals surface area contributed by atoms with Crippen LogP contribution in [-0.2, 0) is 6.54 Å². The van der Waals surface area contributed by atoms with E-state index in [-0.39, 0.29) is 16.4 Å². The zero-order valence-electron chi connectivity index (χ0n) is 10.9. The largest absolute Gasteiger partial charge is 0.292 e. The zero-order chi connectivity index (χ0) is 14.3. The van der Waals surface area contributed by atoms with Gasteiger partial charge in [-0.1, -0.05) is 18.2 Å². The van der Waals surface area contributed by atoms with Crippen LogP contribution in [-0.4, -0.2) is 9.55 Å². The topological polar surface area (TPSA) is 52.0 Å². The average Bonchev–Trinajstić information content (AvgIpc) is 2.43. The number of benzene rings is 1. The predicted octanol–water partition coefficient (Wildman–Crippen LogP) is 2.47. The molecule has 100 valence electrons. The van der Waals surface area contributed by atoms with Crippen molar-refractivity contribution in [3.8, 4) is 0 Å². The van der Waals surface area contributed by atoms with E-state index in [9.17, 15) is 9.59 Å². The summed E-state index contributed by atoms with van der Waals surface area (Å²) in [6.45, 7) is 5.74. The van der Waals surface area contributed by atoms with Gasteiger partial charge in [0.05, 0.1) is 0 Å². The van der Waals surface area contributed by atoms with E-state index in [0.717, 1.165) is 4.70 Å². The molecule has 5 heteroatoms. The fourth-order valence-corrected chi connectivity index (χ4v) is 3.32. The summed E-state index contributed by atoms with van der Waals surface area (Å²) in [7, 11) is 0. The average molecular weight is 284 g/mol. The predicted molar refractivity (Wildman–Crippen MR) is 82.6 cm³/mol. The first-order valence-corrected chi connectivity index (χ1v) is 6.99. The van der Waals surface area contributed by atoms with Crippen molar-refractivity contribution in [3.63, 3.8) is 0 Å². The number of allylic oxidation sites excluding steroid dienone is 1. The molecule has 0 bridgehead atoms. The summed E-state index contributed by atoms with van der Waals surface area (Å²) in [5.74, 6) is 0.591. The Morgan fingerprint density at radius 3 is 2.85 bits per heavy atom. The van der Waals surface area contributed by atoms with E-state index in [1.165, 1.54) is 15.9 Å². The van der Waals surface area contributed by atoms with Crippen molar-refractivity contribution >= 4 is 31.6 Å². The molecule has 0 aliphatic rings. The van der Waals surface area contributed by atoms with Gasteiger partial charge in [-0.25, -0.2) is 4.98 Å². The first-order chi connectivity index (χ1) is 9.63. The smallest absolute Gasteiger partial charge is 0.266 e. The van der Waals surface area contributed by atoms with E-state index in [2.05, 4.69) is 11.6 Å². The van der Waals surface area contributed by atoms with Gasteiger partial charge in [0.25, 0.3) is 5.56 Å². The molecule has 0 atom stereocenters.